The van der Waals surface area contributed by atoms with Gasteiger partial charge in [0.1, 0.15) is 17.4 Å². The van der Waals surface area contributed by atoms with Crippen molar-refractivity contribution in [2.24, 2.45) is 0 Å². The summed E-state index contributed by atoms with van der Waals surface area (Å²) >= 11 is 0. The third kappa shape index (κ3) is 5.33. The fraction of sp³-hybridized carbons (Fsp3) is 0.292. The summed E-state index contributed by atoms with van der Waals surface area (Å²) in [6.45, 7) is 3.84. The summed E-state index contributed by atoms with van der Waals surface area (Å²) in [6.07, 6.45) is 3.74. The van der Waals surface area contributed by atoms with Crippen LogP contribution in [-0.4, -0.2) is 41.3 Å². The molecular weight excluding hydrogens is 444 g/mol. The number of carbonyl (C=O) groups is 2. The van der Waals surface area contributed by atoms with Crippen LogP contribution in [0.5, 0.6) is 5.75 Å². The Hall–Kier alpha value is -3.95. The molecule has 0 saturated carbocycles. The molecule has 8 nitrogen and oxygen atoms in total. The van der Waals surface area contributed by atoms with E-state index < -0.39 is 17.7 Å². The number of benzene rings is 2. The Bertz CT molecular complexity index is 1200. The van der Waals surface area contributed by atoms with Crippen molar-refractivity contribution in [3.8, 4) is 16.9 Å². The summed E-state index contributed by atoms with van der Waals surface area (Å²) in [5, 5.41) is 11.9. The van der Waals surface area contributed by atoms with Gasteiger partial charge >= 0.3 is 6.03 Å². The quantitative estimate of drug-likeness (QED) is 0.493. The lowest BCUT2D eigenvalue weighted by Crippen LogP contribution is -2.38. The molecule has 0 atom stereocenters. The van der Waals surface area contributed by atoms with Crippen molar-refractivity contribution in [3.63, 3.8) is 0 Å². The van der Waals surface area contributed by atoms with E-state index in [1.165, 1.54) is 29.3 Å². The van der Waals surface area contributed by atoms with E-state index in [-0.39, 0.29) is 30.9 Å². The van der Waals surface area contributed by atoms with E-state index in [1.807, 2.05) is 13.8 Å². The third-order valence-corrected chi connectivity index (χ3v) is 5.31. The van der Waals surface area contributed by atoms with Gasteiger partial charge in [0.2, 0.25) is 0 Å². The molecule has 1 aliphatic heterocycles. The van der Waals surface area contributed by atoms with Crippen LogP contribution in [0.4, 0.5) is 19.3 Å². The average Bonchev–Trinajstić information content (AvgIpc) is 3.44. The summed E-state index contributed by atoms with van der Waals surface area (Å²) < 4.78 is 34.1. The minimum absolute atomic E-state index is 0.0317. The van der Waals surface area contributed by atoms with Crippen molar-refractivity contribution in [3.05, 3.63) is 65.5 Å². The predicted octanol–water partition coefficient (Wildman–Crippen LogP) is 3.53. The van der Waals surface area contributed by atoms with Crippen LogP contribution >= 0.6 is 0 Å². The highest BCUT2D eigenvalue weighted by Gasteiger charge is 2.26. The van der Waals surface area contributed by atoms with Crippen molar-refractivity contribution < 1.29 is 23.1 Å². The average molecular weight is 469 g/mol. The van der Waals surface area contributed by atoms with E-state index in [0.29, 0.717) is 35.3 Å². The van der Waals surface area contributed by atoms with Gasteiger partial charge in [0, 0.05) is 42.5 Å². The largest absolute Gasteiger partial charge is 0.484 e. The van der Waals surface area contributed by atoms with Crippen LogP contribution in [-0.2, 0) is 17.8 Å². The SMILES string of the molecule is CC(C)NC(=O)COc1cc(F)cc(CNC(=O)N2CCc3cc(-c4cn[nH]c4)c(F)cc32)c1. The lowest BCUT2D eigenvalue weighted by Gasteiger charge is -2.19. The number of urea groups is 1. The smallest absolute Gasteiger partial charge is 0.322 e. The number of ether oxygens (including phenoxy) is 1. The number of amides is 3. The first-order chi connectivity index (χ1) is 16.3. The molecular formula is C24H25F2N5O3. The van der Waals surface area contributed by atoms with Crippen molar-refractivity contribution in [1.82, 2.24) is 20.8 Å². The zero-order valence-corrected chi connectivity index (χ0v) is 18.8. The fourth-order valence-electron chi connectivity index (χ4n) is 3.83. The molecule has 178 valence electrons. The Kier molecular flexibility index (Phi) is 6.76. The highest BCUT2D eigenvalue weighted by molar-refractivity contribution is 5.94. The number of hydrogen-bond donors (Lipinski definition) is 3. The standard InChI is InChI=1S/C24H25F2N5O3/c1-14(2)30-23(32)13-34-19-6-15(5-18(25)8-19)10-27-24(33)31-4-3-16-7-20(17-11-28-29-12-17)21(26)9-22(16)31/h5-9,11-12,14H,3-4,10,13H2,1-2H3,(H,27,33)(H,28,29)(H,30,32). The molecule has 1 aromatic heterocycles. The number of nitrogens with zero attached hydrogens (tertiary/aromatic N) is 2. The lowest BCUT2D eigenvalue weighted by atomic mass is 10.0. The summed E-state index contributed by atoms with van der Waals surface area (Å²) in [6, 6.07) is 6.63. The number of aromatic amines is 1. The van der Waals surface area contributed by atoms with Crippen molar-refractivity contribution in [2.45, 2.75) is 32.9 Å². The summed E-state index contributed by atoms with van der Waals surface area (Å²) in [7, 11) is 0. The lowest BCUT2D eigenvalue weighted by molar-refractivity contribution is -0.123. The molecule has 3 N–H and O–H groups in total. The number of halogens is 2. The highest BCUT2D eigenvalue weighted by Crippen LogP contribution is 2.34. The maximum absolute atomic E-state index is 14.7. The molecule has 3 amide bonds. The molecule has 3 aromatic rings. The van der Waals surface area contributed by atoms with Gasteiger partial charge in [0.05, 0.1) is 11.9 Å². The minimum atomic E-state index is -0.550. The Morgan fingerprint density at radius 2 is 2.03 bits per heavy atom. The van der Waals surface area contributed by atoms with Gasteiger partial charge in [-0.15, -0.1) is 0 Å². The molecule has 0 spiro atoms. The first-order valence-electron chi connectivity index (χ1n) is 10.9. The van der Waals surface area contributed by atoms with Gasteiger partial charge in [-0.3, -0.25) is 14.8 Å². The van der Waals surface area contributed by atoms with Crippen LogP contribution in [0.2, 0.25) is 0 Å². The first-order valence-corrected chi connectivity index (χ1v) is 10.9. The third-order valence-electron chi connectivity index (χ3n) is 5.31. The molecule has 0 saturated heterocycles. The van der Waals surface area contributed by atoms with Crippen molar-refractivity contribution in [2.75, 3.05) is 18.1 Å². The van der Waals surface area contributed by atoms with Crippen LogP contribution in [0.1, 0.15) is 25.0 Å². The predicted molar refractivity (Wildman–Crippen MR) is 122 cm³/mol. The summed E-state index contributed by atoms with van der Waals surface area (Å²) in [5.74, 6) is -1.13. The molecule has 4 rings (SSSR count). The topological polar surface area (TPSA) is 99.3 Å². The molecule has 0 radical (unpaired) electrons. The fourth-order valence-corrected chi connectivity index (χ4v) is 3.83. The van der Waals surface area contributed by atoms with Crippen LogP contribution < -0.4 is 20.3 Å². The van der Waals surface area contributed by atoms with E-state index >= 15 is 0 Å². The number of carbonyl (C=O) groups excluding carboxylic acids is 2. The van der Waals surface area contributed by atoms with Crippen LogP contribution in [0, 0.1) is 11.6 Å². The highest BCUT2D eigenvalue weighted by atomic mass is 19.1. The maximum atomic E-state index is 14.7. The minimum Gasteiger partial charge on any atom is -0.484 e. The normalized spacial score (nSPS) is 12.6. The number of nitrogens with one attached hydrogen (secondary N) is 3. The molecule has 10 heteroatoms. The maximum Gasteiger partial charge on any atom is 0.322 e. The molecule has 0 fully saturated rings. The molecule has 0 aliphatic carbocycles. The number of aromatic nitrogens is 2. The summed E-state index contributed by atoms with van der Waals surface area (Å²) in [4.78, 5) is 26.0. The number of hydrogen-bond acceptors (Lipinski definition) is 4. The van der Waals surface area contributed by atoms with Gasteiger partial charge in [0.25, 0.3) is 5.91 Å². The van der Waals surface area contributed by atoms with Gasteiger partial charge in [-0.2, -0.15) is 5.10 Å². The molecule has 0 bridgehead atoms. The van der Waals surface area contributed by atoms with Crippen LogP contribution in [0.3, 0.4) is 0 Å². The summed E-state index contributed by atoms with van der Waals surface area (Å²) in [5.41, 5.74) is 2.88. The second-order valence-electron chi connectivity index (χ2n) is 8.31. The van der Waals surface area contributed by atoms with Crippen LogP contribution in [0.15, 0.2) is 42.7 Å². The Morgan fingerprint density at radius 1 is 1.21 bits per heavy atom. The molecule has 2 heterocycles. The zero-order chi connectivity index (χ0) is 24.2. The van der Waals surface area contributed by atoms with Gasteiger partial charge in [0.15, 0.2) is 6.61 Å². The van der Waals surface area contributed by atoms with Crippen molar-refractivity contribution >= 4 is 17.6 Å². The van der Waals surface area contributed by atoms with E-state index in [1.54, 1.807) is 18.3 Å². The van der Waals surface area contributed by atoms with Gasteiger partial charge in [-0.1, -0.05) is 0 Å². The Labute approximate surface area is 195 Å². The Balaban J connectivity index is 1.40. The van der Waals surface area contributed by atoms with Crippen molar-refractivity contribution in [1.29, 1.82) is 0 Å². The number of H-pyrrole nitrogens is 1. The number of rotatable bonds is 7. The van der Waals surface area contributed by atoms with E-state index in [0.717, 1.165) is 5.56 Å². The molecule has 1 aliphatic rings. The van der Waals surface area contributed by atoms with Gasteiger partial charge < -0.3 is 15.4 Å². The molecule has 2 aromatic carbocycles. The second-order valence-corrected chi connectivity index (χ2v) is 8.31. The van der Waals surface area contributed by atoms with Gasteiger partial charge in [-0.25, -0.2) is 13.6 Å². The Morgan fingerprint density at radius 3 is 2.76 bits per heavy atom. The first kappa shape index (κ1) is 23.2. The number of fused-ring (bicyclic) bond motifs is 1. The monoisotopic (exact) mass is 469 g/mol. The van der Waals surface area contributed by atoms with E-state index in [4.69, 9.17) is 4.74 Å². The van der Waals surface area contributed by atoms with Gasteiger partial charge in [-0.05, 0) is 55.7 Å². The second kappa shape index (κ2) is 9.90. The number of anilines is 1. The van der Waals surface area contributed by atoms with Crippen LogP contribution in [0.25, 0.3) is 11.1 Å². The van der Waals surface area contributed by atoms with E-state index in [2.05, 4.69) is 20.8 Å². The van der Waals surface area contributed by atoms with E-state index in [9.17, 15) is 18.4 Å². The zero-order valence-electron chi connectivity index (χ0n) is 18.8. The molecule has 0 unspecified atom stereocenters. The molecule has 34 heavy (non-hydrogen) atoms.